The van der Waals surface area contributed by atoms with Gasteiger partial charge in [0.2, 0.25) is 0 Å². The summed E-state index contributed by atoms with van der Waals surface area (Å²) in [5.74, 6) is 0.893. The van der Waals surface area contributed by atoms with Gasteiger partial charge in [0, 0.05) is 41.8 Å². The number of amides is 1. The van der Waals surface area contributed by atoms with Crippen LogP contribution in [0.1, 0.15) is 5.56 Å². The highest BCUT2D eigenvalue weighted by Gasteiger charge is 2.13. The van der Waals surface area contributed by atoms with Crippen LogP contribution in [0.4, 0.5) is 10.5 Å². The fourth-order valence-electron chi connectivity index (χ4n) is 3.24. The lowest BCUT2D eigenvalue weighted by Crippen LogP contribution is -2.18. The zero-order valence-electron chi connectivity index (χ0n) is 17.2. The Morgan fingerprint density at radius 3 is 2.70 bits per heavy atom. The summed E-state index contributed by atoms with van der Waals surface area (Å²) in [5.41, 5.74) is 4.42. The molecule has 1 amide bonds. The second-order valence-corrected chi connectivity index (χ2v) is 7.36. The number of rotatable bonds is 5. The zero-order chi connectivity index (χ0) is 22.6. The van der Waals surface area contributed by atoms with Crippen LogP contribution in [0.3, 0.4) is 0 Å². The molecule has 0 fully saturated rings. The van der Waals surface area contributed by atoms with Crippen LogP contribution in [0.5, 0.6) is 11.8 Å². The molecule has 0 saturated carbocycles. The van der Waals surface area contributed by atoms with Crippen LogP contribution in [0.15, 0.2) is 85.6 Å². The maximum absolute atomic E-state index is 12.8. The lowest BCUT2D eigenvalue weighted by molar-refractivity contribution is 0.254. The van der Waals surface area contributed by atoms with Crippen LogP contribution in [-0.2, 0) is 5.88 Å². The number of hydrogen-bond acceptors (Lipinski definition) is 6. The number of anilines is 1. The first-order valence-corrected chi connectivity index (χ1v) is 10.6. The number of alkyl halides is 1. The van der Waals surface area contributed by atoms with Gasteiger partial charge < -0.3 is 10.1 Å². The Kier molecular flexibility index (Phi) is 5.65. The van der Waals surface area contributed by atoms with E-state index in [9.17, 15) is 4.79 Å². The Labute approximate surface area is 193 Å². The van der Waals surface area contributed by atoms with Gasteiger partial charge in [0.15, 0.2) is 0 Å². The number of fused-ring (bicyclic) bond motifs is 1. The number of carbonyl (C=O) groups excluding carboxylic acids is 1. The summed E-state index contributed by atoms with van der Waals surface area (Å²) >= 11 is 5.82. The molecule has 3 aromatic heterocycles. The fourth-order valence-corrected chi connectivity index (χ4v) is 3.42. The summed E-state index contributed by atoms with van der Waals surface area (Å²) in [7, 11) is 0. The van der Waals surface area contributed by atoms with Crippen LogP contribution in [0.2, 0.25) is 0 Å². The summed E-state index contributed by atoms with van der Waals surface area (Å²) in [6.45, 7) is 0. The highest BCUT2D eigenvalue weighted by atomic mass is 35.5. The predicted octanol–water partition coefficient (Wildman–Crippen LogP) is 5.50. The Hall–Kier alpha value is -4.30. The van der Waals surface area contributed by atoms with Crippen molar-refractivity contribution in [1.82, 2.24) is 24.5 Å². The first kappa shape index (κ1) is 20.6. The molecule has 5 rings (SSSR count). The molecule has 0 spiro atoms. The van der Waals surface area contributed by atoms with E-state index in [0.29, 0.717) is 34.0 Å². The number of aromatic nitrogens is 5. The summed E-state index contributed by atoms with van der Waals surface area (Å²) in [6.07, 6.45) is 6.51. The Bertz CT molecular complexity index is 1420. The minimum absolute atomic E-state index is 0.186. The van der Waals surface area contributed by atoms with Crippen molar-refractivity contribution >= 4 is 34.4 Å². The second kappa shape index (κ2) is 9.05. The lowest BCUT2D eigenvalue weighted by Gasteiger charge is -2.08. The van der Waals surface area contributed by atoms with Crippen molar-refractivity contribution in [1.29, 1.82) is 0 Å². The molecule has 8 nitrogen and oxygen atoms in total. The molecular weight excluding hydrogens is 440 g/mol. The third-order valence-corrected chi connectivity index (χ3v) is 5.21. The molecule has 1 N–H and O–H groups in total. The number of carbonyl (C=O) groups is 1. The SMILES string of the molecule is O=C(Nc1ccc(CCl)cc1)n1cnc2ccc(Oc3nccc(-c4cccnc4)n3)cc21. The van der Waals surface area contributed by atoms with Gasteiger partial charge in [-0.25, -0.2) is 14.8 Å². The van der Waals surface area contributed by atoms with Crippen molar-refractivity contribution < 1.29 is 9.53 Å². The molecule has 0 bridgehead atoms. The molecule has 5 aromatic rings. The number of nitrogens with zero attached hydrogens (tertiary/aromatic N) is 5. The van der Waals surface area contributed by atoms with Gasteiger partial charge in [0.25, 0.3) is 0 Å². The second-order valence-electron chi connectivity index (χ2n) is 7.09. The third kappa shape index (κ3) is 4.51. The van der Waals surface area contributed by atoms with E-state index in [1.807, 2.05) is 24.3 Å². The maximum atomic E-state index is 12.8. The van der Waals surface area contributed by atoms with E-state index in [2.05, 4.69) is 25.3 Å². The third-order valence-electron chi connectivity index (χ3n) is 4.90. The summed E-state index contributed by atoms with van der Waals surface area (Å²) in [4.78, 5) is 29.9. The smallest absolute Gasteiger partial charge is 0.331 e. The van der Waals surface area contributed by atoms with E-state index in [0.717, 1.165) is 11.1 Å². The van der Waals surface area contributed by atoms with Crippen molar-refractivity contribution in [2.45, 2.75) is 5.88 Å². The average molecular weight is 457 g/mol. The van der Waals surface area contributed by atoms with Crippen molar-refractivity contribution in [3.05, 3.63) is 91.1 Å². The first-order valence-electron chi connectivity index (χ1n) is 10.0. The predicted molar refractivity (Wildman–Crippen MR) is 125 cm³/mol. The van der Waals surface area contributed by atoms with Crippen molar-refractivity contribution in [2.75, 3.05) is 5.32 Å². The van der Waals surface area contributed by atoms with E-state index in [1.54, 1.807) is 55.0 Å². The highest BCUT2D eigenvalue weighted by Crippen LogP contribution is 2.25. The van der Waals surface area contributed by atoms with E-state index in [-0.39, 0.29) is 12.0 Å². The molecule has 0 aliphatic heterocycles. The van der Waals surface area contributed by atoms with Gasteiger partial charge in [-0.05, 0) is 48.0 Å². The Balaban J connectivity index is 1.38. The molecule has 0 aliphatic carbocycles. The van der Waals surface area contributed by atoms with Crippen molar-refractivity contribution in [3.63, 3.8) is 0 Å². The monoisotopic (exact) mass is 456 g/mol. The lowest BCUT2D eigenvalue weighted by atomic mass is 10.2. The molecule has 3 heterocycles. The van der Waals surface area contributed by atoms with E-state index in [4.69, 9.17) is 16.3 Å². The summed E-state index contributed by atoms with van der Waals surface area (Å²) < 4.78 is 7.29. The van der Waals surface area contributed by atoms with Gasteiger partial charge >= 0.3 is 12.0 Å². The minimum atomic E-state index is -0.344. The highest BCUT2D eigenvalue weighted by molar-refractivity contribution is 6.17. The molecule has 0 saturated heterocycles. The number of ether oxygens (including phenoxy) is 1. The van der Waals surface area contributed by atoms with Crippen LogP contribution in [-0.4, -0.2) is 30.5 Å². The van der Waals surface area contributed by atoms with E-state index in [1.165, 1.54) is 10.9 Å². The van der Waals surface area contributed by atoms with Crippen LogP contribution < -0.4 is 10.1 Å². The molecule has 9 heteroatoms. The number of pyridine rings is 1. The van der Waals surface area contributed by atoms with Crippen molar-refractivity contribution in [3.8, 4) is 23.0 Å². The molecule has 33 heavy (non-hydrogen) atoms. The first-order chi connectivity index (χ1) is 16.2. The van der Waals surface area contributed by atoms with Gasteiger partial charge in [-0.1, -0.05) is 12.1 Å². The van der Waals surface area contributed by atoms with Gasteiger partial charge in [-0.2, -0.15) is 4.98 Å². The normalized spacial score (nSPS) is 10.8. The number of hydrogen-bond donors (Lipinski definition) is 1. The molecule has 162 valence electrons. The van der Waals surface area contributed by atoms with Gasteiger partial charge in [0.05, 0.1) is 16.7 Å². The molecule has 0 unspecified atom stereocenters. The molecular formula is C24H17ClN6O2. The number of halogens is 1. The van der Waals surface area contributed by atoms with Gasteiger partial charge in [-0.3, -0.25) is 9.55 Å². The Morgan fingerprint density at radius 2 is 1.91 bits per heavy atom. The minimum Gasteiger partial charge on any atom is -0.424 e. The number of imidazole rings is 1. The standard InChI is InChI=1S/C24H17ClN6O2/c25-13-16-3-5-18(6-4-16)29-24(32)31-15-28-21-8-7-19(12-22(21)31)33-23-27-11-9-20(30-23)17-2-1-10-26-14-17/h1-12,14-15H,13H2,(H,29,32). The van der Waals surface area contributed by atoms with E-state index >= 15 is 0 Å². The number of benzene rings is 2. The summed E-state index contributed by atoms with van der Waals surface area (Å²) in [5, 5.41) is 2.85. The average Bonchev–Trinajstić information content (AvgIpc) is 3.29. The van der Waals surface area contributed by atoms with Crippen LogP contribution in [0, 0.1) is 0 Å². The molecule has 0 atom stereocenters. The van der Waals surface area contributed by atoms with Crippen LogP contribution >= 0.6 is 11.6 Å². The van der Waals surface area contributed by atoms with Gasteiger partial charge in [-0.15, -0.1) is 11.6 Å². The quantitative estimate of drug-likeness (QED) is 0.351. The Morgan fingerprint density at radius 1 is 1.03 bits per heavy atom. The number of nitrogens with one attached hydrogen (secondary N) is 1. The molecule has 0 radical (unpaired) electrons. The topological polar surface area (TPSA) is 94.8 Å². The maximum Gasteiger partial charge on any atom is 0.331 e. The van der Waals surface area contributed by atoms with Crippen molar-refractivity contribution in [2.24, 2.45) is 0 Å². The van der Waals surface area contributed by atoms with E-state index < -0.39 is 0 Å². The molecule has 2 aromatic carbocycles. The zero-order valence-corrected chi connectivity index (χ0v) is 18.0. The van der Waals surface area contributed by atoms with Gasteiger partial charge in [0.1, 0.15) is 12.1 Å². The largest absolute Gasteiger partial charge is 0.424 e. The fraction of sp³-hybridized carbons (Fsp3) is 0.0417. The molecule has 0 aliphatic rings. The van der Waals surface area contributed by atoms with Crippen LogP contribution in [0.25, 0.3) is 22.3 Å². The summed E-state index contributed by atoms with van der Waals surface area (Å²) in [6, 6.07) is 17.9.